The number of anilines is 2. The molecule has 0 radical (unpaired) electrons. The van der Waals surface area contributed by atoms with Crippen LogP contribution in [-0.2, 0) is 0 Å². The maximum Gasteiger partial charge on any atom is 0.228 e. The molecule has 2 aromatic carbocycles. The Labute approximate surface area is 193 Å². The number of aromatic nitrogens is 4. The SMILES string of the molecule is COc1ccc(-n2nc3nc(N4CCN(C(C)C)CC4)nc(-c4ccccc4)c3c2N)cc1. The molecular weight excluding hydrogens is 414 g/mol. The van der Waals surface area contributed by atoms with Gasteiger partial charge in [0.25, 0.3) is 0 Å². The Kier molecular flexibility index (Phi) is 5.60. The van der Waals surface area contributed by atoms with Gasteiger partial charge in [0.1, 0.15) is 11.6 Å². The fraction of sp³-hybridized carbons (Fsp3) is 0.320. The largest absolute Gasteiger partial charge is 0.497 e. The number of hydrogen-bond donors (Lipinski definition) is 1. The average Bonchev–Trinajstić information content (AvgIpc) is 3.20. The summed E-state index contributed by atoms with van der Waals surface area (Å²) in [5.74, 6) is 2.00. The van der Waals surface area contributed by atoms with E-state index in [2.05, 4.69) is 23.6 Å². The smallest absolute Gasteiger partial charge is 0.228 e. The highest BCUT2D eigenvalue weighted by Crippen LogP contribution is 2.33. The van der Waals surface area contributed by atoms with Crippen molar-refractivity contribution in [1.82, 2.24) is 24.6 Å². The van der Waals surface area contributed by atoms with Crippen LogP contribution in [0.2, 0.25) is 0 Å². The third-order valence-corrected chi connectivity index (χ3v) is 6.25. The van der Waals surface area contributed by atoms with Crippen LogP contribution < -0.4 is 15.4 Å². The topological polar surface area (TPSA) is 85.3 Å². The quantitative estimate of drug-likeness (QED) is 0.504. The summed E-state index contributed by atoms with van der Waals surface area (Å²) in [5.41, 5.74) is 9.87. The molecule has 0 atom stereocenters. The van der Waals surface area contributed by atoms with Crippen LogP contribution in [0.15, 0.2) is 54.6 Å². The number of nitrogens with zero attached hydrogens (tertiary/aromatic N) is 6. The van der Waals surface area contributed by atoms with Gasteiger partial charge < -0.3 is 15.4 Å². The molecule has 0 amide bonds. The summed E-state index contributed by atoms with van der Waals surface area (Å²) in [6.45, 7) is 8.21. The molecule has 5 rings (SSSR count). The lowest BCUT2D eigenvalue weighted by molar-refractivity contribution is 0.208. The molecule has 0 bridgehead atoms. The number of methoxy groups -OCH3 is 1. The number of benzene rings is 2. The van der Waals surface area contributed by atoms with E-state index in [1.165, 1.54) is 0 Å². The summed E-state index contributed by atoms with van der Waals surface area (Å²) >= 11 is 0. The molecular formula is C25H29N7O. The molecule has 1 saturated heterocycles. The second-order valence-corrected chi connectivity index (χ2v) is 8.55. The summed E-state index contributed by atoms with van der Waals surface area (Å²) < 4.78 is 7.01. The first-order valence-electron chi connectivity index (χ1n) is 11.3. The predicted octanol–water partition coefficient (Wildman–Crippen LogP) is 3.60. The number of nitrogen functional groups attached to an aromatic ring is 1. The maximum atomic E-state index is 6.63. The lowest BCUT2D eigenvalue weighted by Gasteiger charge is -2.36. The Morgan fingerprint density at radius 1 is 0.909 bits per heavy atom. The van der Waals surface area contributed by atoms with Crippen molar-refractivity contribution in [1.29, 1.82) is 0 Å². The molecule has 170 valence electrons. The van der Waals surface area contributed by atoms with Gasteiger partial charge in [0, 0.05) is 37.8 Å². The van der Waals surface area contributed by atoms with Gasteiger partial charge in [0.15, 0.2) is 5.65 Å². The lowest BCUT2D eigenvalue weighted by Crippen LogP contribution is -2.49. The molecule has 2 N–H and O–H groups in total. The summed E-state index contributed by atoms with van der Waals surface area (Å²) in [6, 6.07) is 18.3. The monoisotopic (exact) mass is 443 g/mol. The van der Waals surface area contributed by atoms with Crippen molar-refractivity contribution in [2.75, 3.05) is 43.9 Å². The Morgan fingerprint density at radius 3 is 2.24 bits per heavy atom. The van der Waals surface area contributed by atoms with Gasteiger partial charge in [0.05, 0.1) is 23.9 Å². The van der Waals surface area contributed by atoms with Gasteiger partial charge in [-0.2, -0.15) is 4.98 Å². The van der Waals surface area contributed by atoms with E-state index in [9.17, 15) is 0 Å². The van der Waals surface area contributed by atoms with Crippen LogP contribution in [0.1, 0.15) is 13.8 Å². The van der Waals surface area contributed by atoms with Crippen molar-refractivity contribution >= 4 is 22.8 Å². The zero-order chi connectivity index (χ0) is 22.9. The molecule has 8 nitrogen and oxygen atoms in total. The minimum atomic E-state index is 0.519. The highest BCUT2D eigenvalue weighted by Gasteiger charge is 2.24. The minimum Gasteiger partial charge on any atom is -0.497 e. The number of nitrogens with two attached hydrogens (primary N) is 1. The second-order valence-electron chi connectivity index (χ2n) is 8.55. The molecule has 2 aromatic heterocycles. The van der Waals surface area contributed by atoms with Crippen LogP contribution >= 0.6 is 0 Å². The Bertz CT molecular complexity index is 1240. The van der Waals surface area contributed by atoms with Crippen molar-refractivity contribution in [3.05, 3.63) is 54.6 Å². The molecule has 33 heavy (non-hydrogen) atoms. The molecule has 8 heteroatoms. The molecule has 0 spiro atoms. The van der Waals surface area contributed by atoms with E-state index in [1.54, 1.807) is 11.8 Å². The molecule has 0 unspecified atom stereocenters. The summed E-state index contributed by atoms with van der Waals surface area (Å²) in [6.07, 6.45) is 0. The fourth-order valence-corrected chi connectivity index (χ4v) is 4.31. The summed E-state index contributed by atoms with van der Waals surface area (Å²) in [7, 11) is 1.65. The van der Waals surface area contributed by atoms with Gasteiger partial charge in [-0.1, -0.05) is 30.3 Å². The highest BCUT2D eigenvalue weighted by atomic mass is 16.5. The number of hydrogen-bond acceptors (Lipinski definition) is 7. The molecule has 1 aliphatic heterocycles. The zero-order valence-electron chi connectivity index (χ0n) is 19.3. The van der Waals surface area contributed by atoms with Gasteiger partial charge in [-0.05, 0) is 38.1 Å². The van der Waals surface area contributed by atoms with Crippen molar-refractivity contribution in [3.8, 4) is 22.7 Å². The van der Waals surface area contributed by atoms with Crippen LogP contribution in [0.3, 0.4) is 0 Å². The van der Waals surface area contributed by atoms with E-state index in [4.69, 9.17) is 25.5 Å². The third-order valence-electron chi connectivity index (χ3n) is 6.25. The van der Waals surface area contributed by atoms with Crippen molar-refractivity contribution in [3.63, 3.8) is 0 Å². The highest BCUT2D eigenvalue weighted by molar-refractivity contribution is 5.99. The van der Waals surface area contributed by atoms with E-state index in [0.717, 1.165) is 54.3 Å². The van der Waals surface area contributed by atoms with E-state index in [0.29, 0.717) is 23.5 Å². The first-order chi connectivity index (χ1) is 16.0. The van der Waals surface area contributed by atoms with Crippen molar-refractivity contribution in [2.24, 2.45) is 0 Å². The normalized spacial score (nSPS) is 14.8. The van der Waals surface area contributed by atoms with E-state index in [1.807, 2.05) is 54.6 Å². The lowest BCUT2D eigenvalue weighted by atomic mass is 10.1. The predicted molar refractivity (Wildman–Crippen MR) is 132 cm³/mol. The zero-order valence-corrected chi connectivity index (χ0v) is 19.3. The molecule has 1 aliphatic rings. The van der Waals surface area contributed by atoms with E-state index in [-0.39, 0.29) is 0 Å². The van der Waals surface area contributed by atoms with Crippen LogP contribution in [-0.4, -0.2) is 64.0 Å². The van der Waals surface area contributed by atoms with Crippen LogP contribution in [0.5, 0.6) is 5.75 Å². The Hall–Kier alpha value is -3.65. The van der Waals surface area contributed by atoms with Gasteiger partial charge in [-0.25, -0.2) is 9.67 Å². The summed E-state index contributed by atoms with van der Waals surface area (Å²) in [4.78, 5) is 14.6. The first kappa shape index (κ1) is 21.2. The molecule has 1 fully saturated rings. The summed E-state index contributed by atoms with van der Waals surface area (Å²) in [5, 5.41) is 5.55. The third kappa shape index (κ3) is 3.98. The fourth-order valence-electron chi connectivity index (χ4n) is 4.31. The Morgan fingerprint density at radius 2 is 1.61 bits per heavy atom. The number of rotatable bonds is 5. The van der Waals surface area contributed by atoms with Gasteiger partial charge >= 0.3 is 0 Å². The average molecular weight is 444 g/mol. The molecule has 3 heterocycles. The van der Waals surface area contributed by atoms with Crippen LogP contribution in [0, 0.1) is 0 Å². The molecule has 0 saturated carbocycles. The molecule has 0 aliphatic carbocycles. The maximum absolute atomic E-state index is 6.63. The Balaban J connectivity index is 1.62. The first-order valence-corrected chi connectivity index (χ1v) is 11.3. The second kappa shape index (κ2) is 8.71. The number of piperazine rings is 1. The minimum absolute atomic E-state index is 0.519. The van der Waals surface area contributed by atoms with Gasteiger partial charge in [-0.15, -0.1) is 5.10 Å². The van der Waals surface area contributed by atoms with Crippen molar-refractivity contribution < 1.29 is 4.74 Å². The number of ether oxygens (including phenoxy) is 1. The van der Waals surface area contributed by atoms with Gasteiger partial charge in [-0.3, -0.25) is 4.90 Å². The standard InChI is InChI=1S/C25H29N7O/c1-17(2)30-13-15-31(16-14-30)25-27-22(18-7-5-4-6-8-18)21-23(26)32(29-24(21)28-25)19-9-11-20(33-3)12-10-19/h4-12,17H,13-16,26H2,1-3H3. The van der Waals surface area contributed by atoms with Crippen molar-refractivity contribution in [2.45, 2.75) is 19.9 Å². The number of fused-ring (bicyclic) bond motifs is 1. The molecule has 4 aromatic rings. The van der Waals surface area contributed by atoms with Crippen LogP contribution in [0.4, 0.5) is 11.8 Å². The van der Waals surface area contributed by atoms with Crippen LogP contribution in [0.25, 0.3) is 28.0 Å². The van der Waals surface area contributed by atoms with E-state index >= 15 is 0 Å². The van der Waals surface area contributed by atoms with E-state index < -0.39 is 0 Å². The van der Waals surface area contributed by atoms with Gasteiger partial charge in [0.2, 0.25) is 5.95 Å².